The number of halogens is 1. The van der Waals surface area contributed by atoms with E-state index in [0.29, 0.717) is 0 Å². The summed E-state index contributed by atoms with van der Waals surface area (Å²) < 4.78 is 42.0. The summed E-state index contributed by atoms with van der Waals surface area (Å²) in [4.78, 5) is 0. The molecule has 0 amide bonds. The van der Waals surface area contributed by atoms with E-state index in [-0.39, 0.29) is 11.6 Å². The Labute approximate surface area is 176 Å². The highest BCUT2D eigenvalue weighted by atomic mass is 35.7. The number of nitrogens with two attached hydrogens (primary N) is 1. The maximum absolute atomic E-state index is 10.5. The fraction of sp³-hybridized carbons (Fsp3) is 0.0556. The van der Waals surface area contributed by atoms with Crippen molar-refractivity contribution in [2.45, 2.75) is 6.92 Å². The van der Waals surface area contributed by atoms with Gasteiger partial charge in [0.2, 0.25) is 10.0 Å². The van der Waals surface area contributed by atoms with Crippen LogP contribution in [0.1, 0.15) is 18.1 Å². The Hall–Kier alpha value is -2.52. The van der Waals surface area contributed by atoms with Crippen LogP contribution >= 0.6 is 10.7 Å². The van der Waals surface area contributed by atoms with E-state index in [1.165, 1.54) is 19.1 Å². The van der Waals surface area contributed by atoms with Gasteiger partial charge in [-0.25, -0.2) is 22.0 Å². The highest BCUT2D eigenvalue weighted by Gasteiger charge is 1.95. The third-order valence-electron chi connectivity index (χ3n) is 2.47. The van der Waals surface area contributed by atoms with Crippen LogP contribution in [0.25, 0.3) is 12.2 Å². The van der Waals surface area contributed by atoms with Crippen LogP contribution in [0.2, 0.25) is 0 Å². The monoisotopic (exact) mass is 461 g/mol. The molecule has 11 heteroatoms. The van der Waals surface area contributed by atoms with Crippen LogP contribution in [0.4, 0.5) is 0 Å². The summed E-state index contributed by atoms with van der Waals surface area (Å²) in [7, 11) is -2.07. The Bertz CT molecular complexity index is 909. The highest BCUT2D eigenvalue weighted by molar-refractivity contribution is 8.16. The first-order valence-corrected chi connectivity index (χ1v) is 11.3. The molecule has 2 aromatic carbocycles. The largest absolute Gasteiger partial charge is 0.412 e. The molecule has 0 aliphatic carbocycles. The lowest BCUT2D eigenvalue weighted by Gasteiger charge is -1.89. The molecule has 0 bridgehead atoms. The molecule has 0 atom stereocenters. The van der Waals surface area contributed by atoms with Crippen LogP contribution in [0.5, 0.6) is 0 Å². The lowest BCUT2D eigenvalue weighted by atomic mass is 10.2. The number of sulfonamides is 1. The number of benzene rings is 2. The Morgan fingerprint density at radius 2 is 1.17 bits per heavy atom. The van der Waals surface area contributed by atoms with E-state index >= 15 is 0 Å². The first-order valence-electron chi connectivity index (χ1n) is 7.32. The maximum atomic E-state index is 10.5. The zero-order valence-corrected chi connectivity index (χ0v) is 18.0. The number of nitrogens with zero attached hydrogens (tertiary/aromatic N) is 1. The second-order valence-electron chi connectivity index (χ2n) is 4.72. The van der Waals surface area contributed by atoms with Crippen molar-refractivity contribution in [1.29, 1.82) is 5.26 Å². The van der Waals surface area contributed by atoms with Crippen molar-refractivity contribution >= 4 is 41.9 Å². The summed E-state index contributed by atoms with van der Waals surface area (Å²) in [5, 5.41) is 14.0. The molecule has 0 radical (unpaired) electrons. The van der Waals surface area contributed by atoms with Gasteiger partial charge in [-0.1, -0.05) is 60.7 Å². The molecule has 8 nitrogen and oxygen atoms in total. The van der Waals surface area contributed by atoms with Gasteiger partial charge >= 0.3 is 0 Å². The van der Waals surface area contributed by atoms with Crippen LogP contribution in [0.3, 0.4) is 0 Å². The van der Waals surface area contributed by atoms with E-state index < -0.39 is 19.1 Å². The Balaban J connectivity index is -0.000000387. The average Bonchev–Trinajstić information content (AvgIpc) is 2.60. The third kappa shape index (κ3) is 21.6. The fourth-order valence-electron chi connectivity index (χ4n) is 1.46. The number of hydrogen-bond acceptors (Lipinski definition) is 6. The summed E-state index contributed by atoms with van der Waals surface area (Å²) in [6, 6.07) is 19.9. The van der Waals surface area contributed by atoms with Crippen molar-refractivity contribution in [3.05, 3.63) is 82.6 Å². The van der Waals surface area contributed by atoms with Gasteiger partial charge in [-0.3, -0.25) is 0 Å². The Kier molecular flexibility index (Phi) is 17.7. The first-order chi connectivity index (χ1) is 12.6. The Morgan fingerprint density at radius 1 is 0.862 bits per heavy atom. The number of hydrogen-bond donors (Lipinski definition) is 2. The lowest BCUT2D eigenvalue weighted by molar-refractivity contribution is 0.606. The number of nitriles is 1. The van der Waals surface area contributed by atoms with E-state index in [1.54, 1.807) is 30.3 Å². The zero-order valence-electron chi connectivity index (χ0n) is 15.6. The number of primary sulfonamides is 1. The molecule has 29 heavy (non-hydrogen) atoms. The molecule has 2 aromatic rings. The van der Waals surface area contributed by atoms with Gasteiger partial charge in [0.15, 0.2) is 0 Å². The molecule has 160 valence electrons. The molecule has 7 N–H and O–H groups in total. The van der Waals surface area contributed by atoms with Gasteiger partial charge in [-0.15, -0.1) is 0 Å². The predicted molar refractivity (Wildman–Crippen MR) is 119 cm³/mol. The average molecular weight is 462 g/mol. The smallest absolute Gasteiger partial charge is 0.254 e. The molecule has 0 heterocycles. The minimum absolute atomic E-state index is 0. The second-order valence-corrected chi connectivity index (χ2v) is 8.68. The van der Waals surface area contributed by atoms with E-state index in [2.05, 4.69) is 0 Å². The summed E-state index contributed by atoms with van der Waals surface area (Å²) in [6.07, 6.45) is 2.90. The minimum Gasteiger partial charge on any atom is -0.412 e. The first kappa shape index (κ1) is 31.2. The molecular formula is C18H24ClN3O5S2. The predicted octanol–water partition coefficient (Wildman–Crippen LogP) is 3.04. The van der Waals surface area contributed by atoms with E-state index in [1.807, 2.05) is 36.4 Å². The van der Waals surface area contributed by atoms with Crippen molar-refractivity contribution < 1.29 is 22.3 Å². The van der Waals surface area contributed by atoms with Crippen LogP contribution in [0, 0.1) is 11.3 Å². The van der Waals surface area contributed by atoms with Crippen LogP contribution < -0.4 is 11.3 Å². The fourth-order valence-corrected chi connectivity index (χ4v) is 2.28. The summed E-state index contributed by atoms with van der Waals surface area (Å²) in [5.74, 6) is 0. The molecule has 0 saturated heterocycles. The molecule has 0 aromatic heterocycles. The lowest BCUT2D eigenvalue weighted by Crippen LogP contribution is -2.06. The quantitative estimate of drug-likeness (QED) is 0.658. The molecule has 0 saturated carbocycles. The van der Waals surface area contributed by atoms with Gasteiger partial charge in [0.25, 0.3) is 9.05 Å². The van der Waals surface area contributed by atoms with Gasteiger partial charge < -0.3 is 11.6 Å². The van der Waals surface area contributed by atoms with Gasteiger partial charge in [0.05, 0.1) is 6.07 Å². The van der Waals surface area contributed by atoms with E-state index in [0.717, 1.165) is 21.9 Å². The van der Waals surface area contributed by atoms with Crippen molar-refractivity contribution in [2.24, 2.45) is 5.14 Å². The maximum Gasteiger partial charge on any atom is 0.254 e. The zero-order chi connectivity index (χ0) is 20.8. The van der Waals surface area contributed by atoms with Gasteiger partial charge in [-0.2, -0.15) is 5.26 Å². The van der Waals surface area contributed by atoms with Gasteiger partial charge in [-0.05, 0) is 23.3 Å². The molecule has 2 rings (SSSR count). The molecule has 0 unspecified atom stereocenters. The Morgan fingerprint density at radius 3 is 1.45 bits per heavy atom. The second kappa shape index (κ2) is 16.4. The molecular weight excluding hydrogens is 438 g/mol. The summed E-state index contributed by atoms with van der Waals surface area (Å²) >= 11 is 0. The van der Waals surface area contributed by atoms with Crippen LogP contribution in [-0.2, 0) is 19.1 Å². The normalized spacial score (nSPS) is 10.3. The van der Waals surface area contributed by atoms with Crippen molar-refractivity contribution in [3.63, 3.8) is 0 Å². The molecule has 0 aliphatic heterocycles. The van der Waals surface area contributed by atoms with Crippen molar-refractivity contribution in [3.8, 4) is 6.07 Å². The third-order valence-corrected chi connectivity index (χ3v) is 3.76. The standard InChI is InChI=1S/C8H7ClO2S.C8H9NO2S.C2H3N.H3N.H2O/c2*9-12(10,11)7-6-8-4-2-1-3-5-8;1-2-3;;/h1-7H;1-7H,(H2,9,10,11);1H3;1H3;1H2/b2*7-6+;;;. The van der Waals surface area contributed by atoms with Crippen molar-refractivity contribution in [2.75, 3.05) is 0 Å². The molecule has 0 spiro atoms. The number of rotatable bonds is 4. The SMILES string of the molecule is CC#N.N.NS(=O)(=O)/C=C/c1ccccc1.O.O=S(=O)(Cl)/C=C/c1ccccc1. The molecule has 0 fully saturated rings. The van der Waals surface area contributed by atoms with Crippen LogP contribution in [-0.4, -0.2) is 22.3 Å². The van der Waals surface area contributed by atoms with Gasteiger partial charge in [0.1, 0.15) is 0 Å². The van der Waals surface area contributed by atoms with Crippen molar-refractivity contribution in [1.82, 2.24) is 6.15 Å². The van der Waals surface area contributed by atoms with E-state index in [4.69, 9.17) is 21.1 Å². The minimum atomic E-state index is -3.53. The van der Waals surface area contributed by atoms with Gasteiger partial charge in [0, 0.05) is 28.4 Å². The van der Waals surface area contributed by atoms with Crippen LogP contribution in [0.15, 0.2) is 71.5 Å². The summed E-state index contributed by atoms with van der Waals surface area (Å²) in [6.45, 7) is 1.43. The molecule has 0 aliphatic rings. The highest BCUT2D eigenvalue weighted by Crippen LogP contribution is 2.05. The summed E-state index contributed by atoms with van der Waals surface area (Å²) in [5.41, 5.74) is 1.62. The topological polar surface area (TPSA) is 185 Å². The van der Waals surface area contributed by atoms with E-state index in [9.17, 15) is 16.8 Å².